The van der Waals surface area contributed by atoms with Gasteiger partial charge >= 0.3 is 0 Å². The van der Waals surface area contributed by atoms with Crippen LogP contribution >= 0.6 is 0 Å². The topological polar surface area (TPSA) is 133 Å². The molecule has 0 radical (unpaired) electrons. The molecule has 12 heteroatoms. The Labute approximate surface area is 364 Å². The van der Waals surface area contributed by atoms with Crippen LogP contribution in [0.5, 0.6) is 0 Å². The number of nitrogens with zero attached hydrogens (tertiary/aromatic N) is 8. The molecule has 0 unspecified atom stereocenters. The summed E-state index contributed by atoms with van der Waals surface area (Å²) < 4.78 is 0. The van der Waals surface area contributed by atoms with E-state index in [0.717, 1.165) is 110 Å². The molecule has 2 saturated carbocycles. The van der Waals surface area contributed by atoms with Crippen LogP contribution in [0, 0.1) is 0 Å². The Bertz CT molecular complexity index is 2290. The zero-order valence-electron chi connectivity index (χ0n) is 36.3. The van der Waals surface area contributed by atoms with Crippen molar-refractivity contribution >= 4 is 46.7 Å². The van der Waals surface area contributed by atoms with Crippen LogP contribution in [0.25, 0.3) is 12.2 Å². The van der Waals surface area contributed by atoms with Crippen LogP contribution in [0.4, 0.5) is 11.4 Å². The third kappa shape index (κ3) is 8.55. The molecule has 0 spiro atoms. The molecule has 0 aromatic carbocycles. The van der Waals surface area contributed by atoms with E-state index < -0.39 is 0 Å². The fourth-order valence-corrected chi connectivity index (χ4v) is 9.75. The van der Waals surface area contributed by atoms with Gasteiger partial charge in [-0.25, -0.2) is 0 Å². The molecule has 2 aliphatic heterocycles. The number of carbonyl (C=O) groups excluding carboxylic acids is 4. The first-order chi connectivity index (χ1) is 30.1. The number of carbonyl (C=O) groups is 4. The molecule has 0 bridgehead atoms. The molecule has 10 rings (SSSR count). The van der Waals surface area contributed by atoms with Gasteiger partial charge < -0.3 is 9.80 Å². The molecule has 6 aliphatic rings. The molecular formula is C50H56N8O4. The number of anilines is 2. The lowest BCUT2D eigenvalue weighted by molar-refractivity contribution is -0.115. The maximum atomic E-state index is 12.3. The van der Waals surface area contributed by atoms with E-state index in [0.29, 0.717) is 61.2 Å². The third-order valence-electron chi connectivity index (χ3n) is 13.5. The average Bonchev–Trinajstić information content (AvgIpc) is 4.25. The number of allylic oxidation sites excluding steroid dienone is 2. The summed E-state index contributed by atoms with van der Waals surface area (Å²) in [7, 11) is 0. The normalized spacial score (nSPS) is 22.6. The van der Waals surface area contributed by atoms with Crippen LogP contribution in [-0.4, -0.2) is 103 Å². The maximum absolute atomic E-state index is 12.3. The molecule has 4 aromatic rings. The second-order valence-corrected chi connectivity index (χ2v) is 17.4. The Morgan fingerprint density at radius 1 is 0.565 bits per heavy atom. The lowest BCUT2D eigenvalue weighted by atomic mass is 9.92. The number of hydrogen-bond acceptors (Lipinski definition) is 12. The van der Waals surface area contributed by atoms with Gasteiger partial charge in [-0.15, -0.1) is 0 Å². The van der Waals surface area contributed by atoms with Crippen LogP contribution in [-0.2, 0) is 35.5 Å². The van der Waals surface area contributed by atoms with E-state index in [1.165, 1.54) is 11.1 Å². The highest BCUT2D eigenvalue weighted by Crippen LogP contribution is 2.41. The molecule has 0 N–H and O–H groups in total. The number of piperazine rings is 2. The van der Waals surface area contributed by atoms with Crippen molar-refractivity contribution in [2.24, 2.45) is 0 Å². The van der Waals surface area contributed by atoms with Gasteiger partial charge in [-0.3, -0.25) is 48.9 Å². The van der Waals surface area contributed by atoms with Crippen molar-refractivity contribution in [1.29, 1.82) is 0 Å². The zero-order chi connectivity index (χ0) is 43.1. The van der Waals surface area contributed by atoms with E-state index in [1.807, 2.05) is 88.9 Å². The summed E-state index contributed by atoms with van der Waals surface area (Å²) in [4.78, 5) is 76.1. The van der Waals surface area contributed by atoms with Crippen molar-refractivity contribution in [2.45, 2.75) is 116 Å². The number of hydrogen-bond donors (Lipinski definition) is 0. The van der Waals surface area contributed by atoms with Gasteiger partial charge in [-0.1, -0.05) is 39.8 Å². The highest BCUT2D eigenvalue weighted by molar-refractivity contribution is 6.04. The minimum Gasteiger partial charge on any atom is -0.364 e. The molecule has 62 heavy (non-hydrogen) atoms. The first-order valence-corrected chi connectivity index (χ1v) is 22.6. The molecule has 12 nitrogen and oxygen atoms in total. The van der Waals surface area contributed by atoms with E-state index in [4.69, 9.17) is 0 Å². The number of aromatic nitrogens is 4. The van der Waals surface area contributed by atoms with Gasteiger partial charge in [0.05, 0.1) is 35.2 Å². The van der Waals surface area contributed by atoms with Crippen molar-refractivity contribution in [3.05, 3.63) is 117 Å². The molecule has 320 valence electrons. The van der Waals surface area contributed by atoms with Crippen molar-refractivity contribution in [3.8, 4) is 0 Å². The average molecular weight is 833 g/mol. The summed E-state index contributed by atoms with van der Waals surface area (Å²) >= 11 is 0. The Morgan fingerprint density at radius 2 is 1.00 bits per heavy atom. The first-order valence-electron chi connectivity index (χ1n) is 22.6. The number of rotatable bonds is 12. The number of ketones is 4. The molecule has 4 aromatic heterocycles. The SMILES string of the molecule is CCC(=O)c1ccc(N2CCN(Cc3cnc4c(c3)CC(=O)C(CC)=C4)[C@@H]3C[C@@H]32)cn1.CCC(=O)c1ccc(N2CCN(Cc3cnc4c(c3)CC(=O)C(CC)=C4)[C@H]3C[C@H]32)cn1. The number of Topliss-reactive ketones (excluding diaryl/α,β-unsaturated/α-hetero) is 4. The molecule has 4 aliphatic carbocycles. The summed E-state index contributed by atoms with van der Waals surface area (Å²) in [6.45, 7) is 13.4. The third-order valence-corrected chi connectivity index (χ3v) is 13.5. The summed E-state index contributed by atoms with van der Waals surface area (Å²) in [6.07, 6.45) is 17.3. The van der Waals surface area contributed by atoms with E-state index in [2.05, 4.69) is 51.7 Å². The predicted octanol–water partition coefficient (Wildman–Crippen LogP) is 6.90. The predicted molar refractivity (Wildman–Crippen MR) is 240 cm³/mol. The van der Waals surface area contributed by atoms with Crippen molar-refractivity contribution < 1.29 is 19.2 Å². The van der Waals surface area contributed by atoms with Gasteiger partial charge in [0.25, 0.3) is 0 Å². The van der Waals surface area contributed by atoms with Crippen molar-refractivity contribution in [2.75, 3.05) is 36.0 Å². The molecule has 4 atom stereocenters. The molecule has 2 saturated heterocycles. The standard InChI is InChI=1S/2C25H28N4O2/c2*1-3-17-10-21-18(11-25(17)31)9-16(13-26-21)15-28-7-8-29(23-12-22(23)28)19-5-6-20(27-14-19)24(30)4-2/h2*5-6,9-10,13-14,22-23H,3-4,7-8,11-12,15H2,1-2H3/t2*22-,23+/m10/s1. The Hall–Kier alpha value is -5.72. The van der Waals surface area contributed by atoms with E-state index in [-0.39, 0.29) is 23.1 Å². The molecular weight excluding hydrogens is 777 g/mol. The maximum Gasteiger partial charge on any atom is 0.180 e. The zero-order valence-corrected chi connectivity index (χ0v) is 36.3. The van der Waals surface area contributed by atoms with Crippen molar-refractivity contribution in [1.82, 2.24) is 29.7 Å². The molecule has 0 amide bonds. The number of fused-ring (bicyclic) bond motifs is 4. The lowest BCUT2D eigenvalue weighted by Crippen LogP contribution is -2.46. The highest BCUT2D eigenvalue weighted by Gasteiger charge is 2.50. The lowest BCUT2D eigenvalue weighted by Gasteiger charge is -2.35. The Balaban J connectivity index is 0.000000158. The minimum atomic E-state index is 0.0856. The van der Waals surface area contributed by atoms with Crippen LogP contribution < -0.4 is 9.80 Å². The number of pyridine rings is 4. The quantitative estimate of drug-likeness (QED) is 0.138. The summed E-state index contributed by atoms with van der Waals surface area (Å²) in [5.74, 6) is 0.625. The highest BCUT2D eigenvalue weighted by atomic mass is 16.1. The van der Waals surface area contributed by atoms with E-state index in [1.54, 1.807) is 0 Å². The van der Waals surface area contributed by atoms with E-state index >= 15 is 0 Å². The van der Waals surface area contributed by atoms with Crippen LogP contribution in [0.1, 0.15) is 121 Å². The largest absolute Gasteiger partial charge is 0.364 e. The summed E-state index contributed by atoms with van der Waals surface area (Å²) in [5.41, 5.74) is 11.5. The monoisotopic (exact) mass is 832 g/mol. The second-order valence-electron chi connectivity index (χ2n) is 17.4. The van der Waals surface area contributed by atoms with Gasteiger partial charge in [-0.2, -0.15) is 0 Å². The van der Waals surface area contributed by atoms with Crippen LogP contribution in [0.2, 0.25) is 0 Å². The van der Waals surface area contributed by atoms with Gasteiger partial charge in [0.15, 0.2) is 23.1 Å². The first kappa shape index (κ1) is 41.6. The van der Waals surface area contributed by atoms with Crippen molar-refractivity contribution in [3.63, 3.8) is 0 Å². The summed E-state index contributed by atoms with van der Waals surface area (Å²) in [6, 6.07) is 14.2. The van der Waals surface area contributed by atoms with Gasteiger partial charge in [0, 0.05) is 102 Å². The van der Waals surface area contributed by atoms with Gasteiger partial charge in [-0.05, 0) is 95.5 Å². The second kappa shape index (κ2) is 17.6. The fraction of sp³-hybridized carbons (Fsp3) is 0.440. The Morgan fingerprint density at radius 3 is 1.37 bits per heavy atom. The Kier molecular flexibility index (Phi) is 11.8. The molecule has 6 heterocycles. The van der Waals surface area contributed by atoms with Crippen LogP contribution in [0.15, 0.2) is 72.3 Å². The fourth-order valence-electron chi connectivity index (χ4n) is 9.75. The molecule has 4 fully saturated rings. The van der Waals surface area contributed by atoms with Crippen LogP contribution in [0.3, 0.4) is 0 Å². The minimum absolute atomic E-state index is 0.0856. The summed E-state index contributed by atoms with van der Waals surface area (Å²) in [5, 5.41) is 0. The van der Waals surface area contributed by atoms with E-state index in [9.17, 15) is 19.2 Å². The van der Waals surface area contributed by atoms with Gasteiger partial charge in [0.2, 0.25) is 0 Å². The van der Waals surface area contributed by atoms with Gasteiger partial charge in [0.1, 0.15) is 11.4 Å². The smallest absolute Gasteiger partial charge is 0.180 e.